The van der Waals surface area contributed by atoms with E-state index in [9.17, 15) is 24.0 Å². The van der Waals surface area contributed by atoms with E-state index in [-0.39, 0.29) is 25.9 Å². The monoisotopic (exact) mass is 705 g/mol. The van der Waals surface area contributed by atoms with Gasteiger partial charge in [-0.15, -0.1) is 0 Å². The number of amides is 3. The van der Waals surface area contributed by atoms with Crippen molar-refractivity contribution in [3.05, 3.63) is 65.2 Å². The maximum atomic E-state index is 15.0. The van der Waals surface area contributed by atoms with Crippen LogP contribution in [-0.2, 0) is 52.7 Å². The maximum Gasteiger partial charge on any atom is 0.343 e. The van der Waals surface area contributed by atoms with Gasteiger partial charge in [0.05, 0.1) is 12.1 Å². The fraction of sp³-hybridized carbons (Fsp3) is 0.564. The zero-order valence-electron chi connectivity index (χ0n) is 30.9. The number of fused-ring (bicyclic) bond motifs is 1. The molecule has 3 amide bonds. The summed E-state index contributed by atoms with van der Waals surface area (Å²) in [4.78, 5) is 73.1. The minimum Gasteiger partial charge on any atom is -0.460 e. The molecule has 0 unspecified atom stereocenters. The largest absolute Gasteiger partial charge is 0.460 e. The second kappa shape index (κ2) is 16.4. The molecule has 2 aromatic carbocycles. The number of rotatable bonds is 13. The van der Waals surface area contributed by atoms with Crippen LogP contribution in [0.25, 0.3) is 0 Å². The molecule has 1 heterocycles. The molecule has 2 aliphatic rings. The van der Waals surface area contributed by atoms with Crippen LogP contribution in [0.5, 0.6) is 0 Å². The van der Waals surface area contributed by atoms with Gasteiger partial charge in [0.2, 0.25) is 17.4 Å². The number of nitrogens with one attached hydrogen (secondary N) is 2. The van der Waals surface area contributed by atoms with Crippen molar-refractivity contribution in [1.29, 1.82) is 0 Å². The van der Waals surface area contributed by atoms with Gasteiger partial charge in [0, 0.05) is 18.7 Å². The van der Waals surface area contributed by atoms with E-state index < -0.39 is 64.4 Å². The molecule has 2 aromatic rings. The van der Waals surface area contributed by atoms with E-state index in [4.69, 9.17) is 20.9 Å². The van der Waals surface area contributed by atoms with Crippen molar-refractivity contribution in [2.24, 2.45) is 17.4 Å². The molecule has 1 fully saturated rings. The first-order valence-electron chi connectivity index (χ1n) is 18.0. The number of nitrogens with two attached hydrogens (primary N) is 2. The molecule has 6 N–H and O–H groups in total. The van der Waals surface area contributed by atoms with E-state index in [1.54, 1.807) is 47.6 Å². The summed E-state index contributed by atoms with van der Waals surface area (Å²) in [6.07, 6.45) is 4.52. The molecule has 0 radical (unpaired) electrons. The van der Waals surface area contributed by atoms with Gasteiger partial charge in [0.15, 0.2) is 0 Å². The van der Waals surface area contributed by atoms with E-state index in [0.29, 0.717) is 24.9 Å². The van der Waals surface area contributed by atoms with Gasteiger partial charge in [-0.1, -0.05) is 36.4 Å². The minimum atomic E-state index is -2.60. The minimum absolute atomic E-state index is 0.0944. The summed E-state index contributed by atoms with van der Waals surface area (Å²) in [6, 6.07) is 12.8. The molecule has 1 aliphatic heterocycles. The van der Waals surface area contributed by atoms with Crippen molar-refractivity contribution in [1.82, 2.24) is 10.2 Å². The SMILES string of the molecule is CC(C)(C)OC(=O)[C@@H]1[C@@H](NC(=O)CCCc2ccccc2)CN(C(=O)[C@H](N)CCCN)[C@@]1(C(=O)Nc1ccc2c(c1)CCC2)C(=O)OC(C)(C)C. The summed E-state index contributed by atoms with van der Waals surface area (Å²) in [6.45, 7) is 9.73. The van der Waals surface area contributed by atoms with Crippen molar-refractivity contribution in [3.8, 4) is 0 Å². The quantitative estimate of drug-likeness (QED) is 0.179. The fourth-order valence-corrected chi connectivity index (χ4v) is 6.86. The predicted molar refractivity (Wildman–Crippen MR) is 194 cm³/mol. The third-order valence-electron chi connectivity index (χ3n) is 9.09. The van der Waals surface area contributed by atoms with Gasteiger partial charge in [-0.05, 0) is 122 Å². The van der Waals surface area contributed by atoms with Crippen LogP contribution in [0.15, 0.2) is 48.5 Å². The second-order valence-corrected chi connectivity index (χ2v) is 15.6. The van der Waals surface area contributed by atoms with Crippen LogP contribution in [0.1, 0.15) is 90.3 Å². The summed E-state index contributed by atoms with van der Waals surface area (Å²) in [7, 11) is 0. The Morgan fingerprint density at radius 3 is 2.24 bits per heavy atom. The van der Waals surface area contributed by atoms with Crippen LogP contribution in [-0.4, -0.2) is 76.5 Å². The van der Waals surface area contributed by atoms with Crippen molar-refractivity contribution in [2.75, 3.05) is 18.4 Å². The summed E-state index contributed by atoms with van der Waals surface area (Å²) in [5.74, 6) is -5.91. The van der Waals surface area contributed by atoms with Crippen LogP contribution in [0.2, 0.25) is 0 Å². The molecular weight excluding hydrogens is 650 g/mol. The summed E-state index contributed by atoms with van der Waals surface area (Å²) in [5, 5.41) is 5.74. The molecule has 0 spiro atoms. The van der Waals surface area contributed by atoms with Crippen LogP contribution < -0.4 is 22.1 Å². The van der Waals surface area contributed by atoms with Crippen molar-refractivity contribution in [3.63, 3.8) is 0 Å². The number of carbonyl (C=O) groups is 5. The van der Waals surface area contributed by atoms with E-state index in [0.717, 1.165) is 35.3 Å². The van der Waals surface area contributed by atoms with Gasteiger partial charge in [-0.3, -0.25) is 19.2 Å². The molecule has 1 saturated heterocycles. The van der Waals surface area contributed by atoms with Gasteiger partial charge in [-0.25, -0.2) is 4.79 Å². The molecule has 4 rings (SSSR count). The van der Waals surface area contributed by atoms with E-state index >= 15 is 0 Å². The van der Waals surface area contributed by atoms with E-state index in [1.165, 1.54) is 5.56 Å². The van der Waals surface area contributed by atoms with Gasteiger partial charge in [-0.2, -0.15) is 0 Å². The molecular formula is C39H55N5O7. The summed E-state index contributed by atoms with van der Waals surface area (Å²) in [5.41, 5.74) is 11.0. The number of likely N-dealkylation sites (tertiary alicyclic amines) is 1. The Labute approximate surface area is 301 Å². The Bertz CT molecular complexity index is 1580. The van der Waals surface area contributed by atoms with Crippen LogP contribution in [0.3, 0.4) is 0 Å². The first-order chi connectivity index (χ1) is 24.0. The number of benzene rings is 2. The van der Waals surface area contributed by atoms with Crippen LogP contribution >= 0.6 is 0 Å². The molecule has 12 heteroatoms. The van der Waals surface area contributed by atoms with Gasteiger partial charge in [0.25, 0.3) is 5.91 Å². The second-order valence-electron chi connectivity index (χ2n) is 15.6. The fourth-order valence-electron chi connectivity index (χ4n) is 6.86. The van der Waals surface area contributed by atoms with Crippen molar-refractivity contribution < 1.29 is 33.4 Å². The Hall–Kier alpha value is -4.29. The average molecular weight is 706 g/mol. The molecule has 1 aliphatic carbocycles. The van der Waals surface area contributed by atoms with Gasteiger partial charge < -0.3 is 36.5 Å². The standard InChI is InChI=1S/C39H55N5O7/c1-37(2,3)50-34(47)32-30(43-31(45)19-10-15-25-13-8-7-9-14-25)24-44(33(46)29(41)18-12-22-40)39(32,36(49)51-38(4,5)6)35(48)42-28-21-20-26-16-11-17-27(26)23-28/h7-9,13-14,20-21,23,29-30,32H,10-12,15-19,22,24,40-41H2,1-6H3,(H,42,48)(H,43,45)/t29-,30+,32+,39+/m1/s1. The van der Waals surface area contributed by atoms with E-state index in [2.05, 4.69) is 10.6 Å². The number of hydrogen-bond donors (Lipinski definition) is 4. The first-order valence-corrected chi connectivity index (χ1v) is 18.0. The zero-order chi connectivity index (χ0) is 37.6. The lowest BCUT2D eigenvalue weighted by molar-refractivity contribution is -0.184. The number of nitrogens with zero attached hydrogens (tertiary/aromatic N) is 1. The predicted octanol–water partition coefficient (Wildman–Crippen LogP) is 3.57. The Morgan fingerprint density at radius 2 is 1.59 bits per heavy atom. The average Bonchev–Trinajstić information content (AvgIpc) is 3.65. The number of esters is 2. The molecule has 12 nitrogen and oxygen atoms in total. The molecule has 0 aromatic heterocycles. The van der Waals surface area contributed by atoms with Gasteiger partial charge in [0.1, 0.15) is 17.1 Å². The highest BCUT2D eigenvalue weighted by Crippen LogP contribution is 2.41. The third kappa shape index (κ3) is 9.74. The smallest absolute Gasteiger partial charge is 0.343 e. The van der Waals surface area contributed by atoms with Crippen molar-refractivity contribution >= 4 is 35.3 Å². The zero-order valence-corrected chi connectivity index (χ0v) is 30.9. The highest BCUT2D eigenvalue weighted by atomic mass is 16.6. The Balaban J connectivity index is 1.83. The number of carbonyl (C=O) groups excluding carboxylic acids is 5. The van der Waals surface area contributed by atoms with Crippen LogP contribution in [0.4, 0.5) is 5.69 Å². The highest BCUT2D eigenvalue weighted by Gasteiger charge is 2.70. The number of ether oxygens (including phenoxy) is 2. The summed E-state index contributed by atoms with van der Waals surface area (Å²) >= 11 is 0. The molecule has 0 bridgehead atoms. The van der Waals surface area contributed by atoms with Crippen LogP contribution in [0, 0.1) is 5.92 Å². The molecule has 51 heavy (non-hydrogen) atoms. The number of aryl methyl sites for hydroxylation is 3. The Morgan fingerprint density at radius 1 is 0.922 bits per heavy atom. The normalized spacial score (nSPS) is 20.7. The topological polar surface area (TPSA) is 183 Å². The Kier molecular flexibility index (Phi) is 12.7. The summed E-state index contributed by atoms with van der Waals surface area (Å²) < 4.78 is 11.8. The van der Waals surface area contributed by atoms with Gasteiger partial charge >= 0.3 is 11.9 Å². The first kappa shape index (κ1) is 39.5. The molecule has 278 valence electrons. The lowest BCUT2D eigenvalue weighted by atomic mass is 9.80. The number of hydrogen-bond acceptors (Lipinski definition) is 9. The third-order valence-corrected chi connectivity index (χ3v) is 9.09. The van der Waals surface area contributed by atoms with E-state index in [1.807, 2.05) is 42.5 Å². The molecule has 0 saturated carbocycles. The molecule has 4 atom stereocenters. The number of anilines is 1. The maximum absolute atomic E-state index is 15.0. The highest BCUT2D eigenvalue weighted by molar-refractivity contribution is 6.19. The lowest BCUT2D eigenvalue weighted by Crippen LogP contribution is -2.68. The van der Waals surface area contributed by atoms with Crippen molar-refractivity contribution in [2.45, 2.75) is 122 Å². The lowest BCUT2D eigenvalue weighted by Gasteiger charge is -2.40.